The van der Waals surface area contributed by atoms with Crippen molar-refractivity contribution in [1.29, 1.82) is 0 Å². The minimum absolute atomic E-state index is 0.0477. The molecule has 0 aliphatic carbocycles. The van der Waals surface area contributed by atoms with E-state index in [9.17, 15) is 4.79 Å². The normalized spacial score (nSPS) is 19.8. The van der Waals surface area contributed by atoms with E-state index in [4.69, 9.17) is 9.72 Å². The topological polar surface area (TPSA) is 111 Å². The van der Waals surface area contributed by atoms with E-state index in [0.717, 1.165) is 17.0 Å². The summed E-state index contributed by atoms with van der Waals surface area (Å²) in [4.78, 5) is 37.1. The Morgan fingerprint density at radius 1 is 1.19 bits per heavy atom. The Morgan fingerprint density at radius 3 is 2.53 bits per heavy atom. The number of carbonyl (C=O) groups is 1. The Kier molecular flexibility index (Phi) is 6.31. The number of aryl methyl sites for hydroxylation is 2. The number of nitrogens with one attached hydrogen (secondary N) is 1. The molecular weight excluding hydrogens is 408 g/mol. The van der Waals surface area contributed by atoms with Gasteiger partial charge >= 0.3 is 0 Å². The summed E-state index contributed by atoms with van der Waals surface area (Å²) in [6.45, 7) is 12.2. The summed E-state index contributed by atoms with van der Waals surface area (Å²) >= 11 is 0. The van der Waals surface area contributed by atoms with Crippen LogP contribution in [-0.4, -0.2) is 72.1 Å². The highest BCUT2D eigenvalue weighted by Crippen LogP contribution is 2.26. The highest BCUT2D eigenvalue weighted by Gasteiger charge is 2.29. The molecule has 1 fully saturated rings. The average Bonchev–Trinajstić information content (AvgIpc) is 3.16. The maximum absolute atomic E-state index is 13.0. The molecule has 1 N–H and O–H groups in total. The van der Waals surface area contributed by atoms with Gasteiger partial charge in [-0.25, -0.2) is 24.9 Å². The van der Waals surface area contributed by atoms with Gasteiger partial charge in [-0.3, -0.25) is 4.79 Å². The van der Waals surface area contributed by atoms with Crippen molar-refractivity contribution in [2.75, 3.05) is 25.0 Å². The fourth-order valence-corrected chi connectivity index (χ4v) is 4.10. The fraction of sp³-hybridized carbons (Fsp3) is 0.545. The van der Waals surface area contributed by atoms with Crippen LogP contribution in [-0.2, 0) is 16.1 Å². The largest absolute Gasteiger partial charge is 0.372 e. The molecule has 3 aromatic heterocycles. The number of nitrogens with zero attached hydrogens (tertiary/aromatic N) is 7. The first-order chi connectivity index (χ1) is 15.4. The zero-order valence-corrected chi connectivity index (χ0v) is 19.2. The lowest BCUT2D eigenvalue weighted by molar-refractivity contribution is -0.146. The smallest absolute Gasteiger partial charge is 0.227 e. The summed E-state index contributed by atoms with van der Waals surface area (Å²) in [7, 11) is 0. The summed E-state index contributed by atoms with van der Waals surface area (Å²) < 4.78 is 7.76. The van der Waals surface area contributed by atoms with Gasteiger partial charge in [0.05, 0.1) is 23.7 Å². The predicted molar refractivity (Wildman–Crippen MR) is 121 cm³/mol. The molecule has 0 bridgehead atoms. The number of amides is 1. The van der Waals surface area contributed by atoms with Gasteiger partial charge < -0.3 is 19.5 Å². The third kappa shape index (κ3) is 4.40. The van der Waals surface area contributed by atoms with Gasteiger partial charge in [0, 0.05) is 38.6 Å². The minimum atomic E-state index is -0.212. The van der Waals surface area contributed by atoms with E-state index in [0.29, 0.717) is 43.3 Å². The van der Waals surface area contributed by atoms with Crippen LogP contribution in [0.4, 0.5) is 5.82 Å². The molecule has 0 saturated carbocycles. The number of carbonyl (C=O) groups excluding carboxylic acids is 1. The fourth-order valence-electron chi connectivity index (χ4n) is 4.10. The quantitative estimate of drug-likeness (QED) is 0.624. The molecule has 10 heteroatoms. The molecule has 1 aliphatic heterocycles. The second-order valence-electron chi connectivity index (χ2n) is 8.38. The van der Waals surface area contributed by atoms with Crippen molar-refractivity contribution in [3.05, 3.63) is 24.5 Å². The molecule has 1 saturated heterocycles. The lowest BCUT2D eigenvalue weighted by atomic mass is 10.1. The van der Waals surface area contributed by atoms with E-state index < -0.39 is 0 Å². The summed E-state index contributed by atoms with van der Waals surface area (Å²) in [5, 5.41) is 3.32. The Balaban J connectivity index is 1.54. The van der Waals surface area contributed by atoms with Crippen LogP contribution in [0.1, 0.15) is 33.5 Å². The Labute approximate surface area is 187 Å². The Bertz CT molecular complexity index is 1090. The molecule has 1 amide bonds. The maximum atomic E-state index is 13.0. The van der Waals surface area contributed by atoms with E-state index in [2.05, 4.69) is 25.3 Å². The number of hydrogen-bond donors (Lipinski definition) is 1. The first-order valence-corrected chi connectivity index (χ1v) is 11.1. The van der Waals surface area contributed by atoms with Crippen LogP contribution >= 0.6 is 0 Å². The van der Waals surface area contributed by atoms with E-state index in [1.807, 2.05) is 44.1 Å². The molecule has 2 unspecified atom stereocenters. The number of rotatable bonds is 6. The van der Waals surface area contributed by atoms with E-state index >= 15 is 0 Å². The first kappa shape index (κ1) is 22.1. The molecule has 32 heavy (non-hydrogen) atoms. The first-order valence-electron chi connectivity index (χ1n) is 11.1. The van der Waals surface area contributed by atoms with Crippen molar-refractivity contribution in [3.63, 3.8) is 0 Å². The standard InChI is InChI=1S/C22H30N8O2/c1-6-30-20(17-8-23-16(5)24-9-17)28-18-19(26-12-27-21(18)30)25-7-13(2)22(31)29-10-14(3)32-15(4)11-29/h8-9,12-15H,6-7,10-11H2,1-5H3,(H,25,26,27)/t13-,14?,15?/m0/s1. The van der Waals surface area contributed by atoms with Crippen LogP contribution < -0.4 is 5.32 Å². The monoisotopic (exact) mass is 438 g/mol. The van der Waals surface area contributed by atoms with E-state index in [1.165, 1.54) is 6.33 Å². The third-order valence-electron chi connectivity index (χ3n) is 5.62. The van der Waals surface area contributed by atoms with Crippen LogP contribution in [0.15, 0.2) is 18.7 Å². The zero-order chi connectivity index (χ0) is 22.8. The molecular formula is C22H30N8O2. The van der Waals surface area contributed by atoms with Crippen molar-refractivity contribution < 1.29 is 9.53 Å². The van der Waals surface area contributed by atoms with Gasteiger partial charge in [0.1, 0.15) is 18.0 Å². The van der Waals surface area contributed by atoms with Gasteiger partial charge in [-0.2, -0.15) is 0 Å². The Hall–Kier alpha value is -3.14. The molecule has 3 atom stereocenters. The van der Waals surface area contributed by atoms with Crippen LogP contribution in [0, 0.1) is 12.8 Å². The molecule has 3 aromatic rings. The van der Waals surface area contributed by atoms with Gasteiger partial charge in [-0.1, -0.05) is 6.92 Å². The molecule has 4 rings (SSSR count). The van der Waals surface area contributed by atoms with E-state index in [-0.39, 0.29) is 24.0 Å². The second kappa shape index (κ2) is 9.15. The van der Waals surface area contributed by atoms with Crippen molar-refractivity contribution in [1.82, 2.24) is 34.4 Å². The van der Waals surface area contributed by atoms with Gasteiger partial charge in [0.25, 0.3) is 0 Å². The summed E-state index contributed by atoms with van der Waals surface area (Å²) in [6.07, 6.45) is 5.15. The molecule has 1 aliphatic rings. The predicted octanol–water partition coefficient (Wildman–Crippen LogP) is 2.30. The van der Waals surface area contributed by atoms with Crippen LogP contribution in [0.25, 0.3) is 22.6 Å². The number of imidazole rings is 1. The van der Waals surface area contributed by atoms with Gasteiger partial charge in [-0.05, 0) is 27.7 Å². The van der Waals surface area contributed by atoms with Crippen molar-refractivity contribution in [2.24, 2.45) is 5.92 Å². The molecule has 0 radical (unpaired) electrons. The lowest BCUT2D eigenvalue weighted by Gasteiger charge is -2.36. The van der Waals surface area contributed by atoms with E-state index in [1.54, 1.807) is 12.4 Å². The summed E-state index contributed by atoms with van der Waals surface area (Å²) in [6, 6.07) is 0. The number of hydrogen-bond acceptors (Lipinski definition) is 8. The molecule has 0 spiro atoms. The second-order valence-corrected chi connectivity index (χ2v) is 8.38. The average molecular weight is 439 g/mol. The summed E-state index contributed by atoms with van der Waals surface area (Å²) in [5.74, 6) is 1.96. The molecule has 170 valence electrons. The summed E-state index contributed by atoms with van der Waals surface area (Å²) in [5.41, 5.74) is 2.22. The number of morpholine rings is 1. The van der Waals surface area contributed by atoms with Crippen LogP contribution in [0.5, 0.6) is 0 Å². The highest BCUT2D eigenvalue weighted by atomic mass is 16.5. The van der Waals surface area contributed by atoms with Gasteiger partial charge in [-0.15, -0.1) is 0 Å². The minimum Gasteiger partial charge on any atom is -0.372 e. The van der Waals surface area contributed by atoms with Crippen molar-refractivity contribution in [3.8, 4) is 11.4 Å². The maximum Gasteiger partial charge on any atom is 0.227 e. The molecule has 4 heterocycles. The number of aromatic nitrogens is 6. The third-order valence-corrected chi connectivity index (χ3v) is 5.62. The number of anilines is 1. The SMILES string of the molecule is CCn1c(-c2cnc(C)nc2)nc2c(NC[C@H](C)C(=O)N3CC(C)OC(C)C3)ncnc21. The van der Waals surface area contributed by atoms with Crippen LogP contribution in [0.2, 0.25) is 0 Å². The zero-order valence-electron chi connectivity index (χ0n) is 19.2. The Morgan fingerprint density at radius 2 is 1.88 bits per heavy atom. The number of ether oxygens (including phenoxy) is 1. The van der Waals surface area contributed by atoms with Gasteiger partial charge in [0.2, 0.25) is 5.91 Å². The lowest BCUT2D eigenvalue weighted by Crippen LogP contribution is -2.50. The van der Waals surface area contributed by atoms with Crippen LogP contribution in [0.3, 0.4) is 0 Å². The van der Waals surface area contributed by atoms with Crippen molar-refractivity contribution in [2.45, 2.75) is 53.4 Å². The molecule has 10 nitrogen and oxygen atoms in total. The molecule has 0 aromatic carbocycles. The highest BCUT2D eigenvalue weighted by molar-refractivity contribution is 5.86. The number of fused-ring (bicyclic) bond motifs is 1. The van der Waals surface area contributed by atoms with Crippen molar-refractivity contribution >= 4 is 22.9 Å². The van der Waals surface area contributed by atoms with Gasteiger partial charge in [0.15, 0.2) is 17.0 Å².